The first kappa shape index (κ1) is 23.2. The zero-order valence-electron chi connectivity index (χ0n) is 19.4. The number of benzene rings is 1. The maximum absolute atomic E-state index is 15.6. The third-order valence-corrected chi connectivity index (χ3v) is 6.49. The number of rotatable bonds is 7. The van der Waals surface area contributed by atoms with Crippen LogP contribution in [0.25, 0.3) is 16.6 Å². The molecule has 8 nitrogen and oxygen atoms in total. The monoisotopic (exact) mass is 480 g/mol. The molecule has 0 unspecified atom stereocenters. The molecule has 0 spiro atoms. The van der Waals surface area contributed by atoms with Crippen LogP contribution in [0.2, 0.25) is 0 Å². The molecule has 3 aromatic heterocycles. The number of halogens is 2. The molecule has 1 aliphatic rings. The van der Waals surface area contributed by atoms with Crippen LogP contribution >= 0.6 is 0 Å². The SMILES string of the molecule is C/C(=N\OCCO)c1ccc2nnc(Cc3c(F)cc4ncc(C5CCCCC5)cc4c3F)n2n1. The van der Waals surface area contributed by atoms with E-state index < -0.39 is 11.6 Å². The van der Waals surface area contributed by atoms with Crippen molar-refractivity contribution in [3.05, 3.63) is 64.7 Å². The van der Waals surface area contributed by atoms with Crippen molar-refractivity contribution in [1.82, 2.24) is 24.8 Å². The van der Waals surface area contributed by atoms with Crippen LogP contribution < -0.4 is 0 Å². The van der Waals surface area contributed by atoms with E-state index in [0.29, 0.717) is 39.7 Å². The van der Waals surface area contributed by atoms with Gasteiger partial charge >= 0.3 is 0 Å². The van der Waals surface area contributed by atoms with Gasteiger partial charge in [0.2, 0.25) is 0 Å². The van der Waals surface area contributed by atoms with Crippen LogP contribution in [0.5, 0.6) is 0 Å². The summed E-state index contributed by atoms with van der Waals surface area (Å²) in [5.41, 5.74) is 2.60. The molecule has 0 amide bonds. The molecule has 1 fully saturated rings. The lowest BCUT2D eigenvalue weighted by Crippen LogP contribution is -2.09. The Kier molecular flexibility index (Phi) is 6.63. The number of hydrogen-bond acceptors (Lipinski definition) is 7. The largest absolute Gasteiger partial charge is 0.393 e. The first-order valence-electron chi connectivity index (χ1n) is 11.8. The molecule has 0 radical (unpaired) electrons. The van der Waals surface area contributed by atoms with E-state index >= 15 is 4.39 Å². The number of pyridine rings is 1. The van der Waals surface area contributed by atoms with Crippen LogP contribution in [0.3, 0.4) is 0 Å². The lowest BCUT2D eigenvalue weighted by Gasteiger charge is -2.22. The summed E-state index contributed by atoms with van der Waals surface area (Å²) in [6.45, 7) is 1.61. The first-order valence-corrected chi connectivity index (χ1v) is 11.8. The Labute approximate surface area is 200 Å². The highest BCUT2D eigenvalue weighted by atomic mass is 19.1. The highest BCUT2D eigenvalue weighted by Crippen LogP contribution is 2.34. The van der Waals surface area contributed by atoms with Crippen molar-refractivity contribution in [2.45, 2.75) is 51.4 Å². The Hall–Kier alpha value is -3.53. The Bertz CT molecular complexity index is 1400. The topological polar surface area (TPSA) is 97.8 Å². The third-order valence-electron chi connectivity index (χ3n) is 6.49. The number of hydrogen-bond donors (Lipinski definition) is 1. The van der Waals surface area contributed by atoms with Crippen LogP contribution in [0.4, 0.5) is 8.78 Å². The van der Waals surface area contributed by atoms with Gasteiger partial charge in [-0.15, -0.1) is 10.2 Å². The van der Waals surface area contributed by atoms with Crippen molar-refractivity contribution >= 4 is 22.3 Å². The number of aliphatic hydroxyl groups is 1. The fourth-order valence-corrected chi connectivity index (χ4v) is 4.60. The van der Waals surface area contributed by atoms with Gasteiger partial charge in [0.05, 0.1) is 12.1 Å². The fraction of sp³-hybridized carbons (Fsp3) is 0.400. The van der Waals surface area contributed by atoms with Crippen molar-refractivity contribution in [2.24, 2.45) is 5.16 Å². The van der Waals surface area contributed by atoms with E-state index in [1.54, 1.807) is 25.3 Å². The predicted molar refractivity (Wildman–Crippen MR) is 126 cm³/mol. The molecule has 182 valence electrons. The molecule has 1 aliphatic carbocycles. The summed E-state index contributed by atoms with van der Waals surface area (Å²) in [7, 11) is 0. The normalized spacial score (nSPS) is 15.3. The van der Waals surface area contributed by atoms with Gasteiger partial charge in [0.1, 0.15) is 29.6 Å². The van der Waals surface area contributed by atoms with Crippen molar-refractivity contribution in [1.29, 1.82) is 0 Å². The van der Waals surface area contributed by atoms with E-state index in [0.717, 1.165) is 31.2 Å². The summed E-state index contributed by atoms with van der Waals surface area (Å²) < 4.78 is 32.1. The minimum atomic E-state index is -0.684. The van der Waals surface area contributed by atoms with Crippen LogP contribution in [-0.2, 0) is 11.3 Å². The molecule has 0 aliphatic heterocycles. The van der Waals surface area contributed by atoms with Crippen LogP contribution in [0.15, 0.2) is 35.6 Å². The van der Waals surface area contributed by atoms with Crippen molar-refractivity contribution in [3.63, 3.8) is 0 Å². The summed E-state index contributed by atoms with van der Waals surface area (Å²) in [6, 6.07) is 6.48. The van der Waals surface area contributed by atoms with Gasteiger partial charge < -0.3 is 9.94 Å². The van der Waals surface area contributed by atoms with E-state index in [1.165, 1.54) is 17.0 Å². The molecule has 0 atom stereocenters. The smallest absolute Gasteiger partial charge is 0.177 e. The van der Waals surface area contributed by atoms with Crippen molar-refractivity contribution in [3.8, 4) is 0 Å². The van der Waals surface area contributed by atoms with Gasteiger partial charge in [-0.05, 0) is 49.4 Å². The summed E-state index contributed by atoms with van der Waals surface area (Å²) in [6.07, 6.45) is 7.30. The third kappa shape index (κ3) is 4.70. The minimum absolute atomic E-state index is 0.0648. The molecule has 0 saturated heterocycles. The highest BCUT2D eigenvalue weighted by Gasteiger charge is 2.21. The molecule has 4 aromatic rings. The number of aromatic nitrogens is 5. The molecule has 1 saturated carbocycles. The molecule has 3 heterocycles. The molecule has 5 rings (SSSR count). The maximum Gasteiger partial charge on any atom is 0.177 e. The second kappa shape index (κ2) is 9.99. The lowest BCUT2D eigenvalue weighted by atomic mass is 9.84. The molecule has 1 aromatic carbocycles. The second-order valence-electron chi connectivity index (χ2n) is 8.84. The molecule has 10 heteroatoms. The van der Waals surface area contributed by atoms with Crippen molar-refractivity contribution < 1.29 is 18.7 Å². The quantitative estimate of drug-likeness (QED) is 0.240. The van der Waals surface area contributed by atoms with E-state index in [9.17, 15) is 4.39 Å². The van der Waals surface area contributed by atoms with Gasteiger partial charge in [-0.1, -0.05) is 24.4 Å². The Morgan fingerprint density at radius 3 is 2.80 bits per heavy atom. The zero-order valence-corrected chi connectivity index (χ0v) is 19.4. The molecular formula is C25H26F2N6O2. The van der Waals surface area contributed by atoms with E-state index in [1.807, 2.05) is 6.07 Å². The standard InChI is InChI=1S/C25H26F2N6O2/c1-15(32-35-10-9-34)21-7-8-23-29-30-24(33(23)31-21)12-18-20(26)13-22-19(25(18)27)11-17(14-28-22)16-5-3-2-4-6-16/h7-8,11,13-14,16,34H,2-6,9-10,12H2,1H3/b32-15+. The summed E-state index contributed by atoms with van der Waals surface area (Å²) in [5, 5.41) is 25.7. The number of fused-ring (bicyclic) bond motifs is 2. The predicted octanol–water partition coefficient (Wildman–Crippen LogP) is 4.32. The Balaban J connectivity index is 1.50. The van der Waals surface area contributed by atoms with Gasteiger partial charge in [-0.2, -0.15) is 9.61 Å². The van der Waals surface area contributed by atoms with Gasteiger partial charge in [0.25, 0.3) is 0 Å². The van der Waals surface area contributed by atoms with Crippen LogP contribution in [0.1, 0.15) is 67.6 Å². The number of oxime groups is 1. The first-order chi connectivity index (χ1) is 17.0. The summed E-state index contributed by atoms with van der Waals surface area (Å²) in [4.78, 5) is 9.36. The summed E-state index contributed by atoms with van der Waals surface area (Å²) in [5.74, 6) is -0.661. The Morgan fingerprint density at radius 2 is 2.00 bits per heavy atom. The average molecular weight is 481 g/mol. The lowest BCUT2D eigenvalue weighted by molar-refractivity contribution is 0.0986. The van der Waals surface area contributed by atoms with Gasteiger partial charge in [-0.3, -0.25) is 4.98 Å². The molecule has 0 bridgehead atoms. The van der Waals surface area contributed by atoms with Gasteiger partial charge in [0.15, 0.2) is 11.5 Å². The highest BCUT2D eigenvalue weighted by molar-refractivity contribution is 5.96. The van der Waals surface area contributed by atoms with Crippen LogP contribution in [-0.4, -0.2) is 48.8 Å². The van der Waals surface area contributed by atoms with Gasteiger partial charge in [0, 0.05) is 29.6 Å². The molecule has 1 N–H and O–H groups in total. The fourth-order valence-electron chi connectivity index (χ4n) is 4.60. The average Bonchev–Trinajstić information content (AvgIpc) is 3.29. The minimum Gasteiger partial charge on any atom is -0.393 e. The van der Waals surface area contributed by atoms with E-state index in [2.05, 4.69) is 25.4 Å². The van der Waals surface area contributed by atoms with Crippen molar-refractivity contribution in [2.75, 3.05) is 13.2 Å². The maximum atomic E-state index is 15.6. The number of nitrogens with zero attached hydrogens (tertiary/aromatic N) is 6. The van der Waals surface area contributed by atoms with Crippen LogP contribution in [0, 0.1) is 11.6 Å². The molecular weight excluding hydrogens is 454 g/mol. The number of aliphatic hydroxyl groups excluding tert-OH is 1. The van der Waals surface area contributed by atoms with E-state index in [-0.39, 0.29) is 25.2 Å². The Morgan fingerprint density at radius 1 is 1.17 bits per heavy atom. The summed E-state index contributed by atoms with van der Waals surface area (Å²) >= 11 is 0. The zero-order chi connectivity index (χ0) is 24.4. The molecule has 35 heavy (non-hydrogen) atoms. The van der Waals surface area contributed by atoms with E-state index in [4.69, 9.17) is 9.94 Å². The second-order valence-corrected chi connectivity index (χ2v) is 8.84. The van der Waals surface area contributed by atoms with Gasteiger partial charge in [-0.25, -0.2) is 8.78 Å².